The molecule has 0 aromatic carbocycles. The van der Waals surface area contributed by atoms with Crippen LogP contribution in [0.5, 0.6) is 0 Å². The van der Waals surface area contributed by atoms with Gasteiger partial charge in [0.2, 0.25) is 0 Å². The van der Waals surface area contributed by atoms with Crippen molar-refractivity contribution in [3.05, 3.63) is 52.0 Å². The zero-order valence-electron chi connectivity index (χ0n) is 13.6. The van der Waals surface area contributed by atoms with Gasteiger partial charge >= 0.3 is 0 Å². The molecular weight excluding hydrogens is 324 g/mol. The largest absolute Gasteiger partial charge is 0.370 e. The molecule has 5 nitrogen and oxygen atoms in total. The van der Waals surface area contributed by atoms with Gasteiger partial charge < -0.3 is 9.64 Å². The van der Waals surface area contributed by atoms with Crippen molar-refractivity contribution < 1.29 is 14.3 Å². The van der Waals surface area contributed by atoms with Gasteiger partial charge in [0.1, 0.15) is 0 Å². The van der Waals surface area contributed by atoms with E-state index in [2.05, 4.69) is 4.98 Å². The van der Waals surface area contributed by atoms with Crippen LogP contribution in [0.25, 0.3) is 0 Å². The molecule has 0 bridgehead atoms. The Balaban J connectivity index is 1.58. The highest BCUT2D eigenvalue weighted by Crippen LogP contribution is 2.22. The molecule has 3 heterocycles. The van der Waals surface area contributed by atoms with E-state index in [1.165, 1.54) is 18.3 Å². The smallest absolute Gasteiger partial charge is 0.264 e. The lowest BCUT2D eigenvalue weighted by Crippen LogP contribution is -2.43. The van der Waals surface area contributed by atoms with Gasteiger partial charge in [0.15, 0.2) is 5.78 Å². The Labute approximate surface area is 145 Å². The first kappa shape index (κ1) is 16.8. The van der Waals surface area contributed by atoms with Crippen LogP contribution in [-0.4, -0.2) is 40.8 Å². The normalized spacial score (nSPS) is 17.7. The molecule has 1 unspecified atom stereocenters. The summed E-state index contributed by atoms with van der Waals surface area (Å²) in [4.78, 5) is 31.3. The van der Waals surface area contributed by atoms with Crippen molar-refractivity contribution in [3.8, 4) is 0 Å². The van der Waals surface area contributed by atoms with Gasteiger partial charge in [0.05, 0.1) is 28.2 Å². The van der Waals surface area contributed by atoms with Crippen LogP contribution in [0.1, 0.15) is 44.8 Å². The molecule has 0 radical (unpaired) electrons. The number of aromatic nitrogens is 1. The minimum Gasteiger partial charge on any atom is -0.370 e. The average Bonchev–Trinajstić information content (AvgIpc) is 3.11. The van der Waals surface area contributed by atoms with E-state index in [1.54, 1.807) is 18.3 Å². The second kappa shape index (κ2) is 7.68. The number of piperidine rings is 1. The number of hydrogen-bond donors (Lipinski definition) is 0. The third-order valence-corrected chi connectivity index (χ3v) is 5.20. The molecule has 1 amide bonds. The Bertz CT molecular complexity index is 714. The second-order valence-corrected chi connectivity index (χ2v) is 6.95. The van der Waals surface area contributed by atoms with Crippen molar-refractivity contribution in [2.45, 2.75) is 32.5 Å². The van der Waals surface area contributed by atoms with Crippen LogP contribution >= 0.6 is 11.3 Å². The molecule has 2 aromatic rings. The van der Waals surface area contributed by atoms with Gasteiger partial charge in [-0.1, -0.05) is 6.07 Å². The summed E-state index contributed by atoms with van der Waals surface area (Å²) >= 11 is 1.26. The summed E-state index contributed by atoms with van der Waals surface area (Å²) in [6.45, 7) is 3.29. The molecule has 1 aliphatic heterocycles. The van der Waals surface area contributed by atoms with Gasteiger partial charge in [-0.15, -0.1) is 11.3 Å². The molecule has 0 N–H and O–H groups in total. The molecule has 1 atom stereocenters. The predicted molar refractivity (Wildman–Crippen MR) is 92.3 cm³/mol. The van der Waals surface area contributed by atoms with Crippen molar-refractivity contribution in [2.75, 3.05) is 13.1 Å². The summed E-state index contributed by atoms with van der Waals surface area (Å²) in [7, 11) is 0. The maximum atomic E-state index is 12.6. The SMILES string of the molecule is CC(=O)c1ccc(C(=O)N2CCCC(OCc3ccccn3)C2)s1. The second-order valence-electron chi connectivity index (χ2n) is 5.87. The van der Waals surface area contributed by atoms with E-state index in [9.17, 15) is 9.59 Å². The Morgan fingerprint density at radius 1 is 1.29 bits per heavy atom. The molecular formula is C18H20N2O3S. The average molecular weight is 344 g/mol. The van der Waals surface area contributed by atoms with Gasteiger partial charge in [-0.25, -0.2) is 0 Å². The van der Waals surface area contributed by atoms with E-state index >= 15 is 0 Å². The van der Waals surface area contributed by atoms with E-state index in [0.29, 0.717) is 22.9 Å². The van der Waals surface area contributed by atoms with Crippen LogP contribution in [0.15, 0.2) is 36.5 Å². The molecule has 0 aliphatic carbocycles. The third-order valence-electron chi connectivity index (χ3n) is 4.02. The van der Waals surface area contributed by atoms with Crippen LogP contribution in [-0.2, 0) is 11.3 Å². The van der Waals surface area contributed by atoms with Crippen molar-refractivity contribution in [3.63, 3.8) is 0 Å². The van der Waals surface area contributed by atoms with Crippen molar-refractivity contribution in [1.82, 2.24) is 9.88 Å². The summed E-state index contributed by atoms with van der Waals surface area (Å²) < 4.78 is 5.92. The van der Waals surface area contributed by atoms with Crippen LogP contribution in [0.4, 0.5) is 0 Å². The quantitative estimate of drug-likeness (QED) is 0.782. The maximum absolute atomic E-state index is 12.6. The molecule has 126 valence electrons. The lowest BCUT2D eigenvalue weighted by atomic mass is 10.1. The number of carbonyl (C=O) groups excluding carboxylic acids is 2. The van der Waals surface area contributed by atoms with Crippen LogP contribution < -0.4 is 0 Å². The molecule has 3 rings (SSSR count). The van der Waals surface area contributed by atoms with E-state index < -0.39 is 0 Å². The van der Waals surface area contributed by atoms with Gasteiger partial charge in [0, 0.05) is 19.3 Å². The Kier molecular flexibility index (Phi) is 5.37. The highest BCUT2D eigenvalue weighted by Gasteiger charge is 2.26. The summed E-state index contributed by atoms with van der Waals surface area (Å²) in [6, 6.07) is 9.20. The molecule has 1 aliphatic rings. The zero-order valence-corrected chi connectivity index (χ0v) is 14.4. The summed E-state index contributed by atoms with van der Waals surface area (Å²) in [5.74, 6) is -0.0205. The summed E-state index contributed by atoms with van der Waals surface area (Å²) in [5, 5.41) is 0. The summed E-state index contributed by atoms with van der Waals surface area (Å²) in [5.41, 5.74) is 0.894. The molecule has 24 heavy (non-hydrogen) atoms. The number of Topliss-reactive ketones (excluding diaryl/α,β-unsaturated/α-hetero) is 1. The number of amides is 1. The topological polar surface area (TPSA) is 59.5 Å². The van der Waals surface area contributed by atoms with Crippen LogP contribution in [0, 0.1) is 0 Å². The van der Waals surface area contributed by atoms with E-state index in [4.69, 9.17) is 4.74 Å². The molecule has 0 saturated carbocycles. The molecule has 1 saturated heterocycles. The first-order chi connectivity index (χ1) is 11.6. The third kappa shape index (κ3) is 4.07. The fourth-order valence-electron chi connectivity index (χ4n) is 2.74. The number of rotatable bonds is 5. The maximum Gasteiger partial charge on any atom is 0.264 e. The Hall–Kier alpha value is -2.05. The Morgan fingerprint density at radius 3 is 2.83 bits per heavy atom. The molecule has 2 aromatic heterocycles. The lowest BCUT2D eigenvalue weighted by molar-refractivity contribution is -0.00771. The highest BCUT2D eigenvalue weighted by molar-refractivity contribution is 7.15. The number of ketones is 1. The fraction of sp³-hybridized carbons (Fsp3) is 0.389. The number of thiophene rings is 1. The van der Waals surface area contributed by atoms with E-state index in [1.807, 2.05) is 23.1 Å². The number of likely N-dealkylation sites (tertiary alicyclic amines) is 1. The van der Waals surface area contributed by atoms with Gasteiger partial charge in [-0.3, -0.25) is 14.6 Å². The van der Waals surface area contributed by atoms with E-state index in [0.717, 1.165) is 25.1 Å². The number of hydrogen-bond acceptors (Lipinski definition) is 5. The lowest BCUT2D eigenvalue weighted by Gasteiger charge is -2.32. The number of carbonyl (C=O) groups is 2. The monoisotopic (exact) mass is 344 g/mol. The molecule has 0 spiro atoms. The number of pyridine rings is 1. The van der Waals surface area contributed by atoms with E-state index in [-0.39, 0.29) is 17.8 Å². The first-order valence-corrected chi connectivity index (χ1v) is 8.86. The number of ether oxygens (including phenoxy) is 1. The van der Waals surface area contributed by atoms with Gasteiger partial charge in [0.25, 0.3) is 5.91 Å². The first-order valence-electron chi connectivity index (χ1n) is 8.05. The van der Waals surface area contributed by atoms with Crippen molar-refractivity contribution >= 4 is 23.0 Å². The van der Waals surface area contributed by atoms with Crippen molar-refractivity contribution in [2.24, 2.45) is 0 Å². The minimum absolute atomic E-state index is 0.00531. The Morgan fingerprint density at radius 2 is 2.12 bits per heavy atom. The molecule has 6 heteroatoms. The van der Waals surface area contributed by atoms with Gasteiger partial charge in [-0.2, -0.15) is 0 Å². The number of nitrogens with zero attached hydrogens (tertiary/aromatic N) is 2. The predicted octanol–water partition coefficient (Wildman–Crippen LogP) is 3.17. The zero-order chi connectivity index (χ0) is 16.9. The van der Waals surface area contributed by atoms with Crippen LogP contribution in [0.3, 0.4) is 0 Å². The summed E-state index contributed by atoms with van der Waals surface area (Å²) in [6.07, 6.45) is 3.64. The van der Waals surface area contributed by atoms with Crippen molar-refractivity contribution in [1.29, 1.82) is 0 Å². The highest BCUT2D eigenvalue weighted by atomic mass is 32.1. The fourth-order valence-corrected chi connectivity index (χ4v) is 3.61. The standard InChI is InChI=1S/C18H20N2O3S/c1-13(21)16-7-8-17(24-16)18(22)20-10-4-6-15(11-20)23-12-14-5-2-3-9-19-14/h2-3,5,7-9,15H,4,6,10-12H2,1H3. The molecule has 1 fully saturated rings. The minimum atomic E-state index is -0.0152. The van der Waals surface area contributed by atoms with Gasteiger partial charge in [-0.05, 0) is 44.0 Å². The van der Waals surface area contributed by atoms with Crippen LogP contribution in [0.2, 0.25) is 0 Å².